The number of para-hydroxylation sites is 2. The van der Waals surface area contributed by atoms with Gasteiger partial charge in [0, 0.05) is 0 Å². The van der Waals surface area contributed by atoms with E-state index in [1.807, 2.05) is 19.1 Å². The van der Waals surface area contributed by atoms with Gasteiger partial charge < -0.3 is 14.0 Å². The Morgan fingerprint density at radius 1 is 1.13 bits per heavy atom. The number of carbonyl (C=O) groups excluding carboxylic acids is 1. The third-order valence-electron chi connectivity index (χ3n) is 4.31. The number of rotatable bonds is 9. The summed E-state index contributed by atoms with van der Waals surface area (Å²) in [6.07, 6.45) is 1.03. The molecule has 1 heterocycles. The van der Waals surface area contributed by atoms with Crippen molar-refractivity contribution in [3.8, 4) is 17.1 Å². The second kappa shape index (κ2) is 9.61. The van der Waals surface area contributed by atoms with Gasteiger partial charge >= 0.3 is 5.97 Å². The molecule has 0 amide bonds. The first-order valence-electron chi connectivity index (χ1n) is 9.53. The molecule has 0 saturated heterocycles. The van der Waals surface area contributed by atoms with E-state index in [1.165, 1.54) is 0 Å². The Balaban J connectivity index is 1.68. The van der Waals surface area contributed by atoms with Crippen LogP contribution in [0.1, 0.15) is 18.4 Å². The fraction of sp³-hybridized carbons (Fsp3) is 0.286. The number of hydrogen-bond acceptors (Lipinski definition) is 8. The van der Waals surface area contributed by atoms with E-state index in [0.29, 0.717) is 29.4 Å². The average Bonchev–Trinajstić information content (AvgIpc) is 3.20. The zero-order chi connectivity index (χ0) is 22.4. The molecule has 0 unspecified atom stereocenters. The van der Waals surface area contributed by atoms with Crippen LogP contribution >= 0.6 is 0 Å². The van der Waals surface area contributed by atoms with Gasteiger partial charge in [-0.05, 0) is 37.6 Å². The lowest BCUT2D eigenvalue weighted by atomic mass is 10.2. The van der Waals surface area contributed by atoms with Crippen LogP contribution in [0.2, 0.25) is 0 Å². The number of benzene rings is 2. The molecular formula is C21H23N3O6S. The Labute approximate surface area is 180 Å². The van der Waals surface area contributed by atoms with E-state index >= 15 is 0 Å². The number of anilines is 1. The summed E-state index contributed by atoms with van der Waals surface area (Å²) < 4.78 is 41.3. The van der Waals surface area contributed by atoms with Gasteiger partial charge in [0.1, 0.15) is 12.3 Å². The van der Waals surface area contributed by atoms with Crippen molar-refractivity contribution in [2.24, 2.45) is 0 Å². The van der Waals surface area contributed by atoms with Crippen molar-refractivity contribution in [3.05, 3.63) is 60.0 Å². The van der Waals surface area contributed by atoms with Crippen molar-refractivity contribution >= 4 is 21.7 Å². The van der Waals surface area contributed by atoms with Gasteiger partial charge in [-0.15, -0.1) is 0 Å². The third-order valence-corrected chi connectivity index (χ3v) is 5.44. The van der Waals surface area contributed by atoms with E-state index < -0.39 is 22.5 Å². The zero-order valence-electron chi connectivity index (χ0n) is 17.4. The van der Waals surface area contributed by atoms with Crippen LogP contribution in [0, 0.1) is 6.92 Å². The molecule has 3 aromatic rings. The molecule has 0 saturated carbocycles. The molecule has 0 N–H and O–H groups in total. The highest BCUT2D eigenvalue weighted by atomic mass is 32.2. The molecule has 164 valence electrons. The summed E-state index contributed by atoms with van der Waals surface area (Å²) in [5.74, 6) is 0.240. The van der Waals surface area contributed by atoms with Gasteiger partial charge in [-0.3, -0.25) is 9.10 Å². The number of esters is 1. The van der Waals surface area contributed by atoms with Crippen LogP contribution in [0.4, 0.5) is 5.69 Å². The van der Waals surface area contributed by atoms with Crippen molar-refractivity contribution in [1.29, 1.82) is 0 Å². The minimum absolute atomic E-state index is 0.0800. The molecular weight excluding hydrogens is 422 g/mol. The summed E-state index contributed by atoms with van der Waals surface area (Å²) in [5, 5.41) is 3.90. The molecule has 0 spiro atoms. The number of aromatic nitrogens is 2. The summed E-state index contributed by atoms with van der Waals surface area (Å²) in [6.45, 7) is 3.36. The van der Waals surface area contributed by atoms with Crippen molar-refractivity contribution < 1.29 is 27.2 Å². The molecule has 10 heteroatoms. The van der Waals surface area contributed by atoms with E-state index in [-0.39, 0.29) is 12.5 Å². The lowest BCUT2D eigenvalue weighted by Gasteiger charge is -2.22. The van der Waals surface area contributed by atoms with Gasteiger partial charge in [0.05, 0.1) is 24.1 Å². The van der Waals surface area contributed by atoms with Crippen LogP contribution in [0.15, 0.2) is 53.1 Å². The molecule has 0 aliphatic carbocycles. The minimum Gasteiger partial charge on any atom is -0.493 e. The number of nitrogens with zero attached hydrogens (tertiary/aromatic N) is 3. The molecule has 0 radical (unpaired) electrons. The highest BCUT2D eigenvalue weighted by Gasteiger charge is 2.23. The van der Waals surface area contributed by atoms with E-state index in [1.54, 1.807) is 43.3 Å². The first kappa shape index (κ1) is 22.3. The largest absolute Gasteiger partial charge is 0.493 e. The molecule has 0 atom stereocenters. The molecule has 1 aromatic heterocycles. The zero-order valence-corrected chi connectivity index (χ0v) is 18.3. The second-order valence-electron chi connectivity index (χ2n) is 6.66. The van der Waals surface area contributed by atoms with Crippen LogP contribution in [-0.2, 0) is 26.2 Å². The maximum atomic E-state index is 12.3. The summed E-state index contributed by atoms with van der Waals surface area (Å²) in [5.41, 5.74) is 1.78. The molecule has 2 aromatic carbocycles. The first-order valence-corrected chi connectivity index (χ1v) is 11.4. The lowest BCUT2D eigenvalue weighted by molar-refractivity contribution is -0.143. The van der Waals surface area contributed by atoms with E-state index in [0.717, 1.165) is 16.1 Å². The number of ether oxygens (including phenoxy) is 2. The first-order chi connectivity index (χ1) is 14.8. The molecule has 0 bridgehead atoms. The Kier molecular flexibility index (Phi) is 6.91. The molecule has 0 aliphatic rings. The highest BCUT2D eigenvalue weighted by Crippen LogP contribution is 2.27. The number of aryl methyl sites for hydroxylation is 1. The van der Waals surface area contributed by atoms with Crippen molar-refractivity contribution in [1.82, 2.24) is 10.1 Å². The Morgan fingerprint density at radius 3 is 2.55 bits per heavy atom. The van der Waals surface area contributed by atoms with Crippen LogP contribution in [-0.4, -0.2) is 43.9 Å². The van der Waals surface area contributed by atoms with Gasteiger partial charge in [-0.2, -0.15) is 4.98 Å². The van der Waals surface area contributed by atoms with Gasteiger partial charge in [0.2, 0.25) is 15.8 Å². The predicted molar refractivity (Wildman–Crippen MR) is 114 cm³/mol. The van der Waals surface area contributed by atoms with Crippen LogP contribution in [0.3, 0.4) is 0 Å². The summed E-state index contributed by atoms with van der Waals surface area (Å²) in [7, 11) is -3.69. The molecule has 31 heavy (non-hydrogen) atoms. The molecule has 0 fully saturated rings. The van der Waals surface area contributed by atoms with Crippen LogP contribution < -0.4 is 9.04 Å². The lowest BCUT2D eigenvalue weighted by Crippen LogP contribution is -2.36. The topological polar surface area (TPSA) is 112 Å². The average molecular weight is 445 g/mol. The summed E-state index contributed by atoms with van der Waals surface area (Å²) in [4.78, 5) is 16.6. The van der Waals surface area contributed by atoms with Crippen molar-refractivity contribution in [2.45, 2.75) is 20.5 Å². The monoisotopic (exact) mass is 445 g/mol. The Hall–Kier alpha value is -3.40. The molecule has 3 rings (SSSR count). The van der Waals surface area contributed by atoms with E-state index in [2.05, 4.69) is 10.1 Å². The molecule has 9 nitrogen and oxygen atoms in total. The summed E-state index contributed by atoms with van der Waals surface area (Å²) in [6, 6.07) is 14.1. The maximum absolute atomic E-state index is 12.3. The highest BCUT2D eigenvalue weighted by molar-refractivity contribution is 7.92. The van der Waals surface area contributed by atoms with E-state index in [4.69, 9.17) is 14.0 Å². The normalized spacial score (nSPS) is 11.2. The number of hydrogen-bond donors (Lipinski definition) is 0. The molecule has 0 aliphatic heterocycles. The predicted octanol–water partition coefficient (Wildman–Crippen LogP) is 2.95. The fourth-order valence-corrected chi connectivity index (χ4v) is 3.79. The minimum atomic E-state index is -3.69. The quantitative estimate of drug-likeness (QED) is 0.462. The standard InChI is InChI=1S/C21H23N3O6S/c1-4-28-18-12-8-6-10-16(18)21-22-19(30-23-21)14-29-20(25)13-24(31(3,26)27)17-11-7-5-9-15(17)2/h5-12H,4,13-14H2,1-3H3. The Morgan fingerprint density at radius 2 is 1.84 bits per heavy atom. The third kappa shape index (κ3) is 5.60. The van der Waals surface area contributed by atoms with E-state index in [9.17, 15) is 13.2 Å². The summed E-state index contributed by atoms with van der Waals surface area (Å²) >= 11 is 0. The second-order valence-corrected chi connectivity index (χ2v) is 8.56. The SMILES string of the molecule is CCOc1ccccc1-c1noc(COC(=O)CN(c2ccccc2C)S(C)(=O)=O)n1. The maximum Gasteiger partial charge on any atom is 0.327 e. The smallest absolute Gasteiger partial charge is 0.327 e. The van der Waals surface area contributed by atoms with Crippen LogP contribution in [0.25, 0.3) is 11.4 Å². The van der Waals surface area contributed by atoms with Gasteiger partial charge in [0.15, 0.2) is 6.61 Å². The van der Waals surface area contributed by atoms with Gasteiger partial charge in [-0.25, -0.2) is 8.42 Å². The fourth-order valence-electron chi connectivity index (χ4n) is 2.89. The van der Waals surface area contributed by atoms with Crippen LogP contribution in [0.5, 0.6) is 5.75 Å². The Bertz CT molecular complexity index is 1160. The van der Waals surface area contributed by atoms with Gasteiger partial charge in [0.25, 0.3) is 5.89 Å². The number of carbonyl (C=O) groups is 1. The number of sulfonamides is 1. The van der Waals surface area contributed by atoms with Gasteiger partial charge in [-0.1, -0.05) is 35.5 Å². The van der Waals surface area contributed by atoms with Crippen molar-refractivity contribution in [2.75, 3.05) is 23.7 Å². The van der Waals surface area contributed by atoms with Crippen molar-refractivity contribution in [3.63, 3.8) is 0 Å².